The first kappa shape index (κ1) is 21.3. The highest BCUT2D eigenvalue weighted by Gasteiger charge is 2.10. The van der Waals surface area contributed by atoms with Gasteiger partial charge in [-0.05, 0) is 67.4 Å². The molecule has 0 bridgehead atoms. The Morgan fingerprint density at radius 1 is 0.969 bits per heavy atom. The van der Waals surface area contributed by atoms with Crippen molar-refractivity contribution in [2.45, 2.75) is 19.8 Å². The number of aromatic nitrogens is 2. The van der Waals surface area contributed by atoms with Crippen molar-refractivity contribution in [3.05, 3.63) is 78.4 Å². The van der Waals surface area contributed by atoms with Crippen LogP contribution in [0.2, 0.25) is 0 Å². The molecular weight excluding hydrogens is 402 g/mol. The van der Waals surface area contributed by atoms with Crippen molar-refractivity contribution >= 4 is 28.4 Å². The van der Waals surface area contributed by atoms with Gasteiger partial charge in [0, 0.05) is 24.7 Å². The largest absolute Gasteiger partial charge is 0.484 e. The van der Waals surface area contributed by atoms with Crippen molar-refractivity contribution in [2.75, 3.05) is 11.9 Å². The third-order valence-electron chi connectivity index (χ3n) is 5.27. The Labute approximate surface area is 186 Å². The van der Waals surface area contributed by atoms with Gasteiger partial charge in [0.25, 0.3) is 5.91 Å². The zero-order chi connectivity index (χ0) is 22.5. The molecule has 0 saturated carbocycles. The predicted octanol–water partition coefficient (Wildman–Crippen LogP) is 4.78. The molecule has 0 spiro atoms. The highest BCUT2D eigenvalue weighted by atomic mass is 16.5. The number of carbonyl (C=O) groups excluding carboxylic acids is 2. The molecule has 4 rings (SSSR count). The molecule has 162 valence electrons. The maximum atomic E-state index is 12.3. The summed E-state index contributed by atoms with van der Waals surface area (Å²) >= 11 is 0. The summed E-state index contributed by atoms with van der Waals surface area (Å²) in [7, 11) is 1.99. The van der Waals surface area contributed by atoms with Crippen molar-refractivity contribution in [3.8, 4) is 17.1 Å². The number of anilines is 1. The molecule has 0 atom stereocenters. The van der Waals surface area contributed by atoms with Crippen LogP contribution in [-0.2, 0) is 23.1 Å². The zero-order valence-electron chi connectivity index (χ0n) is 18.2. The highest BCUT2D eigenvalue weighted by Crippen LogP contribution is 2.24. The number of ketones is 1. The van der Waals surface area contributed by atoms with Gasteiger partial charge in [-0.1, -0.05) is 24.3 Å². The van der Waals surface area contributed by atoms with E-state index in [4.69, 9.17) is 9.72 Å². The first-order valence-electron chi connectivity index (χ1n) is 10.5. The van der Waals surface area contributed by atoms with Crippen molar-refractivity contribution < 1.29 is 14.3 Å². The van der Waals surface area contributed by atoms with Crippen molar-refractivity contribution in [2.24, 2.45) is 7.05 Å². The molecule has 0 saturated heterocycles. The lowest BCUT2D eigenvalue weighted by Gasteiger charge is -2.09. The average Bonchev–Trinajstić information content (AvgIpc) is 3.14. The molecule has 1 N–H and O–H groups in total. The van der Waals surface area contributed by atoms with E-state index < -0.39 is 0 Å². The van der Waals surface area contributed by atoms with Gasteiger partial charge in [-0.15, -0.1) is 0 Å². The van der Waals surface area contributed by atoms with E-state index in [2.05, 4.69) is 9.88 Å². The molecular formula is C26H25N3O3. The van der Waals surface area contributed by atoms with E-state index in [0.717, 1.165) is 28.0 Å². The van der Waals surface area contributed by atoms with Gasteiger partial charge in [0.05, 0.1) is 11.0 Å². The summed E-state index contributed by atoms with van der Waals surface area (Å²) in [5.41, 5.74) is 4.76. The topological polar surface area (TPSA) is 73.2 Å². The van der Waals surface area contributed by atoms with Gasteiger partial charge >= 0.3 is 0 Å². The van der Waals surface area contributed by atoms with E-state index in [-0.39, 0.29) is 18.3 Å². The molecule has 0 aliphatic carbocycles. The van der Waals surface area contributed by atoms with Crippen LogP contribution in [0.15, 0.2) is 72.8 Å². The zero-order valence-corrected chi connectivity index (χ0v) is 18.2. The number of ether oxygens (including phenoxy) is 1. The summed E-state index contributed by atoms with van der Waals surface area (Å²) in [4.78, 5) is 28.0. The lowest BCUT2D eigenvalue weighted by atomic mass is 10.1. The summed E-state index contributed by atoms with van der Waals surface area (Å²) in [5.74, 6) is 1.42. The minimum absolute atomic E-state index is 0.0840. The van der Waals surface area contributed by atoms with Crippen LogP contribution in [0.1, 0.15) is 18.9 Å². The minimum Gasteiger partial charge on any atom is -0.484 e. The van der Waals surface area contributed by atoms with E-state index in [1.54, 1.807) is 6.92 Å². The molecule has 6 nitrogen and oxygen atoms in total. The number of para-hydroxylation sites is 2. The SMILES string of the molecule is CC(=O)CCc1ccc(OCC(=O)Nc2ccc(-c3nc4ccccc4n3C)cc2)cc1. The average molecular weight is 428 g/mol. The number of amides is 1. The second-order valence-corrected chi connectivity index (χ2v) is 7.74. The number of aryl methyl sites for hydroxylation is 2. The highest BCUT2D eigenvalue weighted by molar-refractivity contribution is 5.92. The Kier molecular flexibility index (Phi) is 6.31. The lowest BCUT2D eigenvalue weighted by Crippen LogP contribution is -2.20. The second kappa shape index (κ2) is 9.47. The van der Waals surface area contributed by atoms with Crippen LogP contribution in [0.25, 0.3) is 22.4 Å². The van der Waals surface area contributed by atoms with Gasteiger partial charge in [-0.2, -0.15) is 0 Å². The number of rotatable bonds is 8. The molecule has 4 aromatic rings. The summed E-state index contributed by atoms with van der Waals surface area (Å²) in [6, 6.07) is 23.1. The maximum absolute atomic E-state index is 12.3. The van der Waals surface area contributed by atoms with E-state index in [1.807, 2.05) is 79.8 Å². The Bertz CT molecular complexity index is 1240. The van der Waals surface area contributed by atoms with Gasteiger partial charge in [-0.25, -0.2) is 4.98 Å². The maximum Gasteiger partial charge on any atom is 0.262 e. The molecule has 0 fully saturated rings. The van der Waals surface area contributed by atoms with E-state index >= 15 is 0 Å². The monoisotopic (exact) mass is 427 g/mol. The first-order chi connectivity index (χ1) is 15.5. The lowest BCUT2D eigenvalue weighted by molar-refractivity contribution is -0.118. The van der Waals surface area contributed by atoms with E-state index in [1.165, 1.54) is 0 Å². The van der Waals surface area contributed by atoms with Crippen molar-refractivity contribution in [3.63, 3.8) is 0 Å². The molecule has 1 amide bonds. The summed E-state index contributed by atoms with van der Waals surface area (Å²) in [5, 5.41) is 2.85. The molecule has 32 heavy (non-hydrogen) atoms. The van der Waals surface area contributed by atoms with Crippen LogP contribution in [0.4, 0.5) is 5.69 Å². The quantitative estimate of drug-likeness (QED) is 0.439. The van der Waals surface area contributed by atoms with Crippen LogP contribution >= 0.6 is 0 Å². The third-order valence-corrected chi connectivity index (χ3v) is 5.27. The number of carbonyl (C=O) groups is 2. The third kappa shape index (κ3) is 5.03. The number of hydrogen-bond donors (Lipinski definition) is 1. The minimum atomic E-state index is -0.235. The van der Waals surface area contributed by atoms with Crippen molar-refractivity contribution in [1.29, 1.82) is 0 Å². The Hall–Kier alpha value is -3.93. The van der Waals surface area contributed by atoms with Crippen LogP contribution < -0.4 is 10.1 Å². The number of nitrogens with zero attached hydrogens (tertiary/aromatic N) is 2. The number of Topliss-reactive ketones (excluding diaryl/α,β-unsaturated/α-hetero) is 1. The van der Waals surface area contributed by atoms with Gasteiger partial charge in [0.1, 0.15) is 17.4 Å². The fourth-order valence-electron chi connectivity index (χ4n) is 3.53. The van der Waals surface area contributed by atoms with Gasteiger partial charge in [-0.3, -0.25) is 4.79 Å². The Morgan fingerprint density at radius 2 is 1.69 bits per heavy atom. The first-order valence-corrected chi connectivity index (χ1v) is 10.5. The fraction of sp³-hybridized carbons (Fsp3) is 0.192. The standard InChI is InChI=1S/C26H25N3O3/c1-18(30)7-8-19-9-15-22(16-10-19)32-17-25(31)27-21-13-11-20(12-14-21)26-28-23-5-3-4-6-24(23)29(26)2/h3-6,9-16H,7-8,17H2,1-2H3,(H,27,31). The summed E-state index contributed by atoms with van der Waals surface area (Å²) < 4.78 is 7.63. The number of imidazole rings is 1. The van der Waals surface area contributed by atoms with Crippen LogP contribution in [0, 0.1) is 0 Å². The molecule has 0 radical (unpaired) electrons. The molecule has 6 heteroatoms. The van der Waals surface area contributed by atoms with Gasteiger partial charge < -0.3 is 19.4 Å². The normalized spacial score (nSPS) is 10.8. The molecule has 0 aliphatic rings. The second-order valence-electron chi connectivity index (χ2n) is 7.74. The van der Waals surface area contributed by atoms with Crippen LogP contribution in [-0.4, -0.2) is 27.8 Å². The number of fused-ring (bicyclic) bond motifs is 1. The van der Waals surface area contributed by atoms with Gasteiger partial charge in [0.15, 0.2) is 6.61 Å². The summed E-state index contributed by atoms with van der Waals surface area (Å²) in [6.45, 7) is 1.50. The van der Waals surface area contributed by atoms with E-state index in [0.29, 0.717) is 24.3 Å². The number of hydrogen-bond acceptors (Lipinski definition) is 4. The predicted molar refractivity (Wildman–Crippen MR) is 126 cm³/mol. The summed E-state index contributed by atoms with van der Waals surface area (Å²) in [6.07, 6.45) is 1.23. The Balaban J connectivity index is 1.33. The van der Waals surface area contributed by atoms with E-state index in [9.17, 15) is 9.59 Å². The molecule has 1 aromatic heterocycles. The Morgan fingerprint density at radius 3 is 2.38 bits per heavy atom. The molecule has 0 aliphatic heterocycles. The van der Waals surface area contributed by atoms with Crippen LogP contribution in [0.5, 0.6) is 5.75 Å². The molecule has 1 heterocycles. The fourth-order valence-corrected chi connectivity index (χ4v) is 3.53. The smallest absolute Gasteiger partial charge is 0.262 e. The van der Waals surface area contributed by atoms with Gasteiger partial charge in [0.2, 0.25) is 0 Å². The molecule has 3 aromatic carbocycles. The number of benzene rings is 3. The number of nitrogens with one attached hydrogen (secondary N) is 1. The van der Waals surface area contributed by atoms with Crippen molar-refractivity contribution in [1.82, 2.24) is 9.55 Å². The van der Waals surface area contributed by atoms with Crippen LogP contribution in [0.3, 0.4) is 0 Å². The molecule has 0 unspecified atom stereocenters.